The van der Waals surface area contributed by atoms with E-state index < -0.39 is 0 Å². The van der Waals surface area contributed by atoms with Crippen LogP contribution in [0.5, 0.6) is 0 Å². The lowest BCUT2D eigenvalue weighted by Gasteiger charge is -2.24. The first-order valence-electron chi connectivity index (χ1n) is 5.90. The number of halogens is 1. The van der Waals surface area contributed by atoms with Crippen molar-refractivity contribution in [1.29, 1.82) is 0 Å². The highest BCUT2D eigenvalue weighted by Crippen LogP contribution is 2.28. The van der Waals surface area contributed by atoms with Crippen molar-refractivity contribution in [3.63, 3.8) is 0 Å². The summed E-state index contributed by atoms with van der Waals surface area (Å²) in [6.45, 7) is 12.3. The van der Waals surface area contributed by atoms with Gasteiger partial charge in [0.1, 0.15) is 0 Å². The van der Waals surface area contributed by atoms with Gasteiger partial charge in [0.05, 0.1) is 0 Å². The average Bonchev–Trinajstić information content (AvgIpc) is 2.47. The van der Waals surface area contributed by atoms with Crippen LogP contribution >= 0.6 is 24.0 Å². The molecule has 1 rings (SSSR count). The minimum absolute atomic E-state index is 0. The molecule has 16 heavy (non-hydrogen) atoms. The van der Waals surface area contributed by atoms with Crippen LogP contribution in [0, 0.1) is 11.3 Å². The Labute approximate surface area is 117 Å². The van der Waals surface area contributed by atoms with Crippen molar-refractivity contribution in [3.8, 4) is 0 Å². The van der Waals surface area contributed by atoms with Gasteiger partial charge in [-0.15, -0.1) is 24.0 Å². The van der Waals surface area contributed by atoms with Gasteiger partial charge in [0, 0.05) is 26.7 Å². The fourth-order valence-electron chi connectivity index (χ4n) is 1.92. The van der Waals surface area contributed by atoms with Crippen LogP contribution in [0.25, 0.3) is 0 Å². The molecular formula is C12H26IN3. The molecule has 1 saturated heterocycles. The average molecular weight is 339 g/mol. The molecule has 0 aromatic carbocycles. The second-order valence-corrected chi connectivity index (χ2v) is 5.66. The van der Waals surface area contributed by atoms with Gasteiger partial charge in [0.2, 0.25) is 0 Å². The maximum Gasteiger partial charge on any atom is 0.193 e. The summed E-state index contributed by atoms with van der Waals surface area (Å²) in [6.07, 6.45) is 1.26. The molecule has 0 unspecified atom stereocenters. The third kappa shape index (κ3) is 4.89. The molecule has 0 aromatic heterocycles. The Bertz CT molecular complexity index is 236. The number of nitrogens with zero attached hydrogens (tertiary/aromatic N) is 2. The molecule has 0 aliphatic carbocycles. The molecule has 0 aromatic rings. The van der Waals surface area contributed by atoms with Crippen molar-refractivity contribution in [3.05, 3.63) is 0 Å². The van der Waals surface area contributed by atoms with Crippen LogP contribution in [0.3, 0.4) is 0 Å². The van der Waals surface area contributed by atoms with E-state index in [0.29, 0.717) is 11.3 Å². The summed E-state index contributed by atoms with van der Waals surface area (Å²) in [7, 11) is 1.87. The lowest BCUT2D eigenvalue weighted by Crippen LogP contribution is -2.42. The smallest absolute Gasteiger partial charge is 0.193 e. The van der Waals surface area contributed by atoms with Crippen molar-refractivity contribution < 1.29 is 0 Å². The molecule has 1 fully saturated rings. The molecule has 96 valence electrons. The van der Waals surface area contributed by atoms with E-state index in [0.717, 1.165) is 25.6 Å². The van der Waals surface area contributed by atoms with Crippen LogP contribution < -0.4 is 5.32 Å². The Hall–Kier alpha value is 0. The van der Waals surface area contributed by atoms with Crippen molar-refractivity contribution in [2.75, 3.05) is 26.7 Å². The lowest BCUT2D eigenvalue weighted by molar-refractivity contribution is 0.369. The molecule has 0 spiro atoms. The molecule has 0 bridgehead atoms. The van der Waals surface area contributed by atoms with E-state index in [1.54, 1.807) is 0 Å². The van der Waals surface area contributed by atoms with Crippen LogP contribution in [-0.4, -0.2) is 37.5 Å². The molecule has 0 amide bonds. The van der Waals surface area contributed by atoms with Crippen molar-refractivity contribution >= 4 is 29.9 Å². The number of likely N-dealkylation sites (tertiary alicyclic amines) is 1. The Kier molecular flexibility index (Phi) is 6.67. The SMILES string of the molecule is CN=C(NCC(C)C)N1CCC(C)(C)C1.I. The normalized spacial score (nSPS) is 19.9. The zero-order valence-corrected chi connectivity index (χ0v) is 13.5. The Morgan fingerprint density at radius 2 is 2.06 bits per heavy atom. The first-order chi connectivity index (χ1) is 6.94. The van der Waals surface area contributed by atoms with Crippen LogP contribution in [-0.2, 0) is 0 Å². The van der Waals surface area contributed by atoms with Gasteiger partial charge >= 0.3 is 0 Å². The number of hydrogen-bond acceptors (Lipinski definition) is 1. The highest BCUT2D eigenvalue weighted by Gasteiger charge is 2.30. The summed E-state index contributed by atoms with van der Waals surface area (Å²) in [5.74, 6) is 1.73. The summed E-state index contributed by atoms with van der Waals surface area (Å²) >= 11 is 0. The maximum atomic E-state index is 4.34. The minimum atomic E-state index is 0. The first-order valence-corrected chi connectivity index (χ1v) is 5.90. The van der Waals surface area contributed by atoms with Crippen LogP contribution in [0.2, 0.25) is 0 Å². The number of aliphatic imine (C=N–C) groups is 1. The molecule has 0 radical (unpaired) electrons. The molecule has 0 atom stereocenters. The van der Waals surface area contributed by atoms with Crippen molar-refractivity contribution in [2.45, 2.75) is 34.1 Å². The molecule has 3 nitrogen and oxygen atoms in total. The molecule has 1 aliphatic heterocycles. The van der Waals surface area contributed by atoms with E-state index in [1.165, 1.54) is 6.42 Å². The fourth-order valence-corrected chi connectivity index (χ4v) is 1.92. The van der Waals surface area contributed by atoms with Gasteiger partial charge in [-0.05, 0) is 17.8 Å². The van der Waals surface area contributed by atoms with E-state index >= 15 is 0 Å². The van der Waals surface area contributed by atoms with Crippen LogP contribution in [0.15, 0.2) is 4.99 Å². The van der Waals surface area contributed by atoms with Gasteiger partial charge in [0.25, 0.3) is 0 Å². The van der Waals surface area contributed by atoms with Crippen LogP contribution in [0.4, 0.5) is 0 Å². The molecule has 1 aliphatic rings. The second-order valence-electron chi connectivity index (χ2n) is 5.66. The van der Waals surface area contributed by atoms with E-state index in [-0.39, 0.29) is 24.0 Å². The maximum absolute atomic E-state index is 4.34. The summed E-state index contributed by atoms with van der Waals surface area (Å²) in [6, 6.07) is 0. The summed E-state index contributed by atoms with van der Waals surface area (Å²) in [5.41, 5.74) is 0.440. The molecule has 1 N–H and O–H groups in total. The highest BCUT2D eigenvalue weighted by molar-refractivity contribution is 14.0. The zero-order chi connectivity index (χ0) is 11.5. The Morgan fingerprint density at radius 1 is 1.44 bits per heavy atom. The van der Waals surface area contributed by atoms with E-state index in [1.807, 2.05) is 7.05 Å². The van der Waals surface area contributed by atoms with Crippen LogP contribution in [0.1, 0.15) is 34.1 Å². The monoisotopic (exact) mass is 339 g/mol. The zero-order valence-electron chi connectivity index (χ0n) is 11.2. The number of hydrogen-bond donors (Lipinski definition) is 1. The van der Waals surface area contributed by atoms with Gasteiger partial charge in [-0.2, -0.15) is 0 Å². The highest BCUT2D eigenvalue weighted by atomic mass is 127. The largest absolute Gasteiger partial charge is 0.356 e. The molecule has 1 heterocycles. The number of guanidine groups is 1. The number of rotatable bonds is 2. The Balaban J connectivity index is 0.00000225. The van der Waals surface area contributed by atoms with E-state index in [9.17, 15) is 0 Å². The molecule has 0 saturated carbocycles. The quantitative estimate of drug-likeness (QED) is 0.476. The lowest BCUT2D eigenvalue weighted by atomic mass is 9.93. The van der Waals surface area contributed by atoms with Gasteiger partial charge in [-0.25, -0.2) is 0 Å². The standard InChI is InChI=1S/C12H25N3.HI/c1-10(2)8-14-11(13-5)15-7-6-12(3,4)9-15;/h10H,6-9H2,1-5H3,(H,13,14);1H. The third-order valence-electron chi connectivity index (χ3n) is 2.86. The van der Waals surface area contributed by atoms with Gasteiger partial charge in [-0.3, -0.25) is 4.99 Å². The molecular weight excluding hydrogens is 313 g/mol. The van der Waals surface area contributed by atoms with Crippen molar-refractivity contribution in [2.24, 2.45) is 16.3 Å². The fraction of sp³-hybridized carbons (Fsp3) is 0.917. The number of nitrogens with one attached hydrogen (secondary N) is 1. The predicted molar refractivity (Wildman–Crippen MR) is 81.6 cm³/mol. The van der Waals surface area contributed by atoms with Crippen molar-refractivity contribution in [1.82, 2.24) is 10.2 Å². The van der Waals surface area contributed by atoms with Gasteiger partial charge < -0.3 is 10.2 Å². The third-order valence-corrected chi connectivity index (χ3v) is 2.86. The summed E-state index contributed by atoms with van der Waals surface area (Å²) < 4.78 is 0. The summed E-state index contributed by atoms with van der Waals surface area (Å²) in [4.78, 5) is 6.70. The van der Waals surface area contributed by atoms with Gasteiger partial charge in [-0.1, -0.05) is 27.7 Å². The second kappa shape index (κ2) is 6.67. The first kappa shape index (κ1) is 16.0. The Morgan fingerprint density at radius 3 is 2.44 bits per heavy atom. The predicted octanol–water partition coefficient (Wildman–Crippen LogP) is 2.57. The molecule has 4 heteroatoms. The topological polar surface area (TPSA) is 27.6 Å². The van der Waals surface area contributed by atoms with Gasteiger partial charge in [0.15, 0.2) is 5.96 Å². The van der Waals surface area contributed by atoms with E-state index in [2.05, 4.69) is 42.9 Å². The van der Waals surface area contributed by atoms with E-state index in [4.69, 9.17) is 0 Å². The summed E-state index contributed by atoms with van der Waals surface area (Å²) in [5, 5.41) is 3.42. The minimum Gasteiger partial charge on any atom is -0.356 e.